The number of hydrogen-bond acceptors (Lipinski definition) is 3. The standard InChI is InChI=1S/C11H15F6N3O2/c1-20-4-2-9(3-5-20,19-8(22)11(15,16)17)6-18-7(21)10(12,13)14/h2-6H2,1H3,(H,18,21)(H,19,22). The molecule has 1 fully saturated rings. The number of nitrogens with one attached hydrogen (secondary N) is 2. The Labute approximate surface area is 122 Å². The number of piperidine rings is 1. The third-order valence-corrected chi connectivity index (χ3v) is 3.43. The third-order valence-electron chi connectivity index (χ3n) is 3.43. The fourth-order valence-electron chi connectivity index (χ4n) is 2.05. The number of rotatable bonds is 3. The molecule has 1 saturated heterocycles. The average molecular weight is 335 g/mol. The first-order valence-electron chi connectivity index (χ1n) is 6.29. The van der Waals surface area contributed by atoms with E-state index in [4.69, 9.17) is 0 Å². The van der Waals surface area contributed by atoms with Gasteiger partial charge in [0.2, 0.25) is 0 Å². The molecule has 0 atom stereocenters. The van der Waals surface area contributed by atoms with Gasteiger partial charge in [-0.05, 0) is 19.9 Å². The highest BCUT2D eigenvalue weighted by atomic mass is 19.4. The summed E-state index contributed by atoms with van der Waals surface area (Å²) in [5, 5.41) is 3.27. The number of carbonyl (C=O) groups excluding carboxylic acids is 2. The zero-order valence-electron chi connectivity index (χ0n) is 11.6. The number of nitrogens with zero attached hydrogens (tertiary/aromatic N) is 1. The summed E-state index contributed by atoms with van der Waals surface area (Å²) in [6.45, 7) is -0.166. The van der Waals surface area contributed by atoms with Crippen LogP contribution in [0, 0.1) is 0 Å². The lowest BCUT2D eigenvalue weighted by Gasteiger charge is -2.41. The van der Waals surface area contributed by atoms with Crippen molar-refractivity contribution >= 4 is 11.8 Å². The first kappa shape index (κ1) is 18.5. The van der Waals surface area contributed by atoms with E-state index in [-0.39, 0.29) is 25.9 Å². The molecule has 0 aromatic rings. The molecule has 2 N–H and O–H groups in total. The molecule has 1 aliphatic heterocycles. The number of alkyl halides is 6. The van der Waals surface area contributed by atoms with Gasteiger partial charge in [0.15, 0.2) is 0 Å². The summed E-state index contributed by atoms with van der Waals surface area (Å²) in [6, 6.07) is 0. The predicted molar refractivity (Wildman–Crippen MR) is 62.7 cm³/mol. The van der Waals surface area contributed by atoms with Gasteiger partial charge in [-0.25, -0.2) is 0 Å². The Morgan fingerprint density at radius 3 is 1.86 bits per heavy atom. The Kier molecular flexibility index (Phi) is 5.31. The van der Waals surface area contributed by atoms with Crippen molar-refractivity contribution in [3.05, 3.63) is 0 Å². The van der Waals surface area contributed by atoms with Crippen LogP contribution in [0.5, 0.6) is 0 Å². The van der Waals surface area contributed by atoms with Crippen LogP contribution in [0.1, 0.15) is 12.8 Å². The van der Waals surface area contributed by atoms with Crippen LogP contribution in [0.2, 0.25) is 0 Å². The summed E-state index contributed by atoms with van der Waals surface area (Å²) >= 11 is 0. The average Bonchev–Trinajstić information content (AvgIpc) is 2.37. The molecule has 0 bridgehead atoms. The minimum atomic E-state index is -5.15. The minimum absolute atomic E-state index is 0.0105. The molecule has 11 heteroatoms. The molecule has 1 rings (SSSR count). The number of likely N-dealkylation sites (tertiary alicyclic amines) is 1. The van der Waals surface area contributed by atoms with Gasteiger partial charge in [0.1, 0.15) is 0 Å². The van der Waals surface area contributed by atoms with Crippen molar-refractivity contribution in [2.75, 3.05) is 26.7 Å². The first-order valence-corrected chi connectivity index (χ1v) is 6.29. The van der Waals surface area contributed by atoms with Crippen LogP contribution in [0.15, 0.2) is 0 Å². The Bertz CT molecular complexity index is 427. The predicted octanol–water partition coefficient (Wildman–Crippen LogP) is 0.808. The van der Waals surface area contributed by atoms with E-state index < -0.39 is 36.3 Å². The van der Waals surface area contributed by atoms with Gasteiger partial charge in [0.05, 0.1) is 5.54 Å². The van der Waals surface area contributed by atoms with Gasteiger partial charge in [-0.15, -0.1) is 0 Å². The van der Waals surface area contributed by atoms with Crippen molar-refractivity contribution in [2.45, 2.75) is 30.7 Å². The van der Waals surface area contributed by atoms with Crippen LogP contribution < -0.4 is 10.6 Å². The Hall–Kier alpha value is -1.52. The van der Waals surface area contributed by atoms with Gasteiger partial charge in [0.25, 0.3) is 0 Å². The van der Waals surface area contributed by atoms with Crippen molar-refractivity contribution < 1.29 is 35.9 Å². The molecule has 0 saturated carbocycles. The maximum atomic E-state index is 12.3. The van der Waals surface area contributed by atoms with Crippen molar-refractivity contribution in [3.63, 3.8) is 0 Å². The maximum Gasteiger partial charge on any atom is 0.471 e. The molecule has 0 aliphatic carbocycles. The summed E-state index contributed by atoms with van der Waals surface area (Å²) in [5.41, 5.74) is -1.56. The van der Waals surface area contributed by atoms with Crippen LogP contribution in [-0.4, -0.2) is 61.3 Å². The summed E-state index contributed by atoms with van der Waals surface area (Å²) in [4.78, 5) is 23.6. The van der Waals surface area contributed by atoms with Crippen LogP contribution in [0.4, 0.5) is 26.3 Å². The second-order valence-electron chi connectivity index (χ2n) is 5.22. The van der Waals surface area contributed by atoms with Crippen LogP contribution in [0.3, 0.4) is 0 Å². The van der Waals surface area contributed by atoms with E-state index in [0.717, 1.165) is 0 Å². The fraction of sp³-hybridized carbons (Fsp3) is 0.818. The van der Waals surface area contributed by atoms with Gasteiger partial charge < -0.3 is 15.5 Å². The van der Waals surface area contributed by atoms with E-state index in [1.54, 1.807) is 22.6 Å². The molecule has 1 heterocycles. The lowest BCUT2D eigenvalue weighted by molar-refractivity contribution is -0.177. The van der Waals surface area contributed by atoms with E-state index in [1.165, 1.54) is 0 Å². The molecule has 22 heavy (non-hydrogen) atoms. The number of amides is 2. The normalized spacial score (nSPS) is 19.6. The zero-order chi connectivity index (χ0) is 17.2. The molecule has 0 aromatic carbocycles. The van der Waals surface area contributed by atoms with Gasteiger partial charge in [0, 0.05) is 19.6 Å². The highest BCUT2D eigenvalue weighted by Crippen LogP contribution is 2.25. The molecular formula is C11H15F6N3O2. The van der Waals surface area contributed by atoms with Crippen molar-refractivity contribution in [1.29, 1.82) is 0 Å². The molecule has 0 radical (unpaired) electrons. The van der Waals surface area contributed by atoms with Crippen molar-refractivity contribution in [3.8, 4) is 0 Å². The molecule has 0 spiro atoms. The molecule has 0 aromatic heterocycles. The van der Waals surface area contributed by atoms with Gasteiger partial charge in [-0.3, -0.25) is 9.59 Å². The fourth-order valence-corrected chi connectivity index (χ4v) is 2.05. The van der Waals surface area contributed by atoms with E-state index in [2.05, 4.69) is 0 Å². The first-order chi connectivity index (χ1) is 9.86. The lowest BCUT2D eigenvalue weighted by Crippen LogP contribution is -2.62. The SMILES string of the molecule is CN1CCC(CNC(=O)C(F)(F)F)(NC(=O)C(F)(F)F)CC1. The topological polar surface area (TPSA) is 61.4 Å². The molecule has 0 unspecified atom stereocenters. The number of carbonyl (C=O) groups is 2. The smallest absolute Gasteiger partial charge is 0.346 e. The van der Waals surface area contributed by atoms with Crippen LogP contribution in [0.25, 0.3) is 0 Å². The Morgan fingerprint density at radius 1 is 1.00 bits per heavy atom. The largest absolute Gasteiger partial charge is 0.471 e. The van der Waals surface area contributed by atoms with E-state index in [9.17, 15) is 35.9 Å². The van der Waals surface area contributed by atoms with E-state index >= 15 is 0 Å². The molecule has 1 aliphatic rings. The summed E-state index contributed by atoms with van der Waals surface area (Å²) in [7, 11) is 1.68. The lowest BCUT2D eigenvalue weighted by atomic mass is 9.87. The molecule has 5 nitrogen and oxygen atoms in total. The van der Waals surface area contributed by atoms with Crippen LogP contribution >= 0.6 is 0 Å². The summed E-state index contributed by atoms with van der Waals surface area (Å²) in [5.74, 6) is -4.50. The highest BCUT2D eigenvalue weighted by molar-refractivity contribution is 5.83. The number of hydrogen-bond donors (Lipinski definition) is 2. The van der Waals surface area contributed by atoms with E-state index in [0.29, 0.717) is 0 Å². The second kappa shape index (κ2) is 6.31. The highest BCUT2D eigenvalue weighted by Gasteiger charge is 2.46. The minimum Gasteiger partial charge on any atom is -0.346 e. The monoisotopic (exact) mass is 335 g/mol. The second-order valence-corrected chi connectivity index (χ2v) is 5.22. The summed E-state index contributed by atoms with van der Waals surface area (Å²) < 4.78 is 73.5. The molecule has 2 amide bonds. The van der Waals surface area contributed by atoms with Gasteiger partial charge in [-0.2, -0.15) is 26.3 Å². The Balaban J connectivity index is 2.80. The summed E-state index contributed by atoms with van der Waals surface area (Å²) in [6.07, 6.45) is -10.3. The quantitative estimate of drug-likeness (QED) is 0.751. The van der Waals surface area contributed by atoms with Gasteiger partial charge >= 0.3 is 24.2 Å². The van der Waals surface area contributed by atoms with Crippen molar-refractivity contribution in [1.82, 2.24) is 15.5 Å². The third kappa shape index (κ3) is 5.04. The Morgan fingerprint density at radius 2 is 1.45 bits per heavy atom. The van der Waals surface area contributed by atoms with Gasteiger partial charge in [-0.1, -0.05) is 0 Å². The number of halogens is 6. The van der Waals surface area contributed by atoms with E-state index in [1.807, 2.05) is 0 Å². The molecule has 128 valence electrons. The van der Waals surface area contributed by atoms with Crippen molar-refractivity contribution in [2.24, 2.45) is 0 Å². The van der Waals surface area contributed by atoms with Crippen LogP contribution in [-0.2, 0) is 9.59 Å². The zero-order valence-corrected chi connectivity index (χ0v) is 11.6. The molecular weight excluding hydrogens is 320 g/mol. The maximum absolute atomic E-state index is 12.3.